The topological polar surface area (TPSA) is 96.3 Å². The van der Waals surface area contributed by atoms with Crippen molar-refractivity contribution < 1.29 is 29.3 Å². The van der Waals surface area contributed by atoms with Gasteiger partial charge in [0.25, 0.3) is 5.91 Å². The van der Waals surface area contributed by atoms with Gasteiger partial charge in [0.1, 0.15) is 5.75 Å². The minimum Gasteiger partial charge on any atom is -0.508 e. The highest BCUT2D eigenvalue weighted by atomic mass is 32.2. The van der Waals surface area contributed by atoms with Crippen LogP contribution in [0, 0.1) is 0 Å². The molecule has 2 N–H and O–H groups in total. The third-order valence-corrected chi connectivity index (χ3v) is 5.02. The van der Waals surface area contributed by atoms with Gasteiger partial charge in [-0.05, 0) is 35.9 Å². The molecule has 0 radical (unpaired) electrons. The SMILES string of the molecule is COc1cc(C=C2SC(=S)N(c3cccc(O)c3)C2=O)ccc1OCC(=O)O. The van der Waals surface area contributed by atoms with E-state index < -0.39 is 12.6 Å². The van der Waals surface area contributed by atoms with Crippen molar-refractivity contribution in [1.82, 2.24) is 0 Å². The number of rotatable bonds is 6. The fraction of sp³-hybridized carbons (Fsp3) is 0.105. The fourth-order valence-corrected chi connectivity index (χ4v) is 3.81. The molecular formula is C19H15NO6S2. The van der Waals surface area contributed by atoms with Gasteiger partial charge >= 0.3 is 5.97 Å². The first-order chi connectivity index (χ1) is 13.4. The second-order valence-electron chi connectivity index (χ2n) is 5.63. The average Bonchev–Trinajstić information content (AvgIpc) is 2.93. The maximum atomic E-state index is 12.8. The highest BCUT2D eigenvalue weighted by molar-refractivity contribution is 8.27. The van der Waals surface area contributed by atoms with E-state index in [1.54, 1.807) is 36.4 Å². The van der Waals surface area contributed by atoms with Crippen molar-refractivity contribution >= 4 is 51.9 Å². The number of thioether (sulfide) groups is 1. The van der Waals surface area contributed by atoms with Gasteiger partial charge in [-0.15, -0.1) is 0 Å². The van der Waals surface area contributed by atoms with Crippen molar-refractivity contribution in [3.05, 3.63) is 52.9 Å². The Bertz CT molecular complexity index is 988. The number of thiocarbonyl (C=S) groups is 1. The zero-order valence-corrected chi connectivity index (χ0v) is 16.3. The molecule has 9 heteroatoms. The Balaban J connectivity index is 1.86. The number of ether oxygens (including phenoxy) is 2. The van der Waals surface area contributed by atoms with E-state index in [2.05, 4.69) is 0 Å². The third kappa shape index (κ3) is 4.26. The molecule has 3 rings (SSSR count). The van der Waals surface area contributed by atoms with Gasteiger partial charge in [-0.3, -0.25) is 9.69 Å². The van der Waals surface area contributed by atoms with Gasteiger partial charge in [-0.1, -0.05) is 36.1 Å². The summed E-state index contributed by atoms with van der Waals surface area (Å²) in [6, 6.07) is 11.2. The van der Waals surface area contributed by atoms with Crippen LogP contribution in [0.15, 0.2) is 47.4 Å². The highest BCUT2D eigenvalue weighted by Gasteiger charge is 2.33. The van der Waals surface area contributed by atoms with Crippen molar-refractivity contribution in [3.63, 3.8) is 0 Å². The number of aromatic hydroxyl groups is 1. The van der Waals surface area contributed by atoms with Crippen molar-refractivity contribution in [2.24, 2.45) is 0 Å². The smallest absolute Gasteiger partial charge is 0.341 e. The Hall–Kier alpha value is -3.04. The lowest BCUT2D eigenvalue weighted by molar-refractivity contribution is -0.139. The van der Waals surface area contributed by atoms with Crippen molar-refractivity contribution in [3.8, 4) is 17.2 Å². The zero-order valence-electron chi connectivity index (χ0n) is 14.6. The van der Waals surface area contributed by atoms with Crippen LogP contribution in [0.4, 0.5) is 5.69 Å². The van der Waals surface area contributed by atoms with E-state index in [4.69, 9.17) is 26.8 Å². The number of amides is 1. The van der Waals surface area contributed by atoms with Gasteiger partial charge in [-0.2, -0.15) is 0 Å². The Morgan fingerprint density at radius 3 is 2.71 bits per heavy atom. The molecule has 1 heterocycles. The fourth-order valence-electron chi connectivity index (χ4n) is 2.51. The van der Waals surface area contributed by atoms with Crippen molar-refractivity contribution in [2.45, 2.75) is 0 Å². The molecule has 1 aliphatic rings. The number of hydrogen-bond acceptors (Lipinski definition) is 7. The Morgan fingerprint density at radius 2 is 2.04 bits per heavy atom. The summed E-state index contributed by atoms with van der Waals surface area (Å²) in [5.41, 5.74) is 1.15. The van der Waals surface area contributed by atoms with E-state index in [-0.39, 0.29) is 17.4 Å². The van der Waals surface area contributed by atoms with Crippen LogP contribution in [0.5, 0.6) is 17.2 Å². The zero-order chi connectivity index (χ0) is 20.3. The van der Waals surface area contributed by atoms with E-state index >= 15 is 0 Å². The standard InChI is InChI=1S/C19H15NO6S2/c1-25-15-7-11(5-6-14(15)26-10-17(22)23)8-16-18(24)20(19(27)28-16)12-3-2-4-13(21)9-12/h2-9,21H,10H2,1H3,(H,22,23). The summed E-state index contributed by atoms with van der Waals surface area (Å²) in [6.45, 7) is -0.488. The van der Waals surface area contributed by atoms with Gasteiger partial charge in [0.15, 0.2) is 22.4 Å². The maximum Gasteiger partial charge on any atom is 0.341 e. The summed E-state index contributed by atoms with van der Waals surface area (Å²) in [4.78, 5) is 25.2. The number of anilines is 1. The van der Waals surface area contributed by atoms with Gasteiger partial charge in [0.2, 0.25) is 0 Å². The number of phenolic OH excluding ortho intramolecular Hbond substituents is 1. The predicted octanol–water partition coefficient (Wildman–Crippen LogP) is 3.27. The molecule has 0 spiro atoms. The number of methoxy groups -OCH3 is 1. The molecular weight excluding hydrogens is 402 g/mol. The molecule has 1 fully saturated rings. The lowest BCUT2D eigenvalue weighted by Crippen LogP contribution is -2.27. The molecule has 1 aliphatic heterocycles. The molecule has 0 aliphatic carbocycles. The molecule has 1 amide bonds. The number of carboxylic acids is 1. The predicted molar refractivity (Wildman–Crippen MR) is 110 cm³/mol. The summed E-state index contributed by atoms with van der Waals surface area (Å²) in [7, 11) is 1.44. The van der Waals surface area contributed by atoms with Gasteiger partial charge in [-0.25, -0.2) is 4.79 Å². The minimum atomic E-state index is -1.10. The normalized spacial score (nSPS) is 15.2. The first kappa shape index (κ1) is 19.7. The summed E-state index contributed by atoms with van der Waals surface area (Å²) in [6.07, 6.45) is 1.66. The summed E-state index contributed by atoms with van der Waals surface area (Å²) in [5.74, 6) is -0.724. The largest absolute Gasteiger partial charge is 0.508 e. The number of aliphatic carboxylic acids is 1. The second kappa shape index (κ2) is 8.32. The van der Waals surface area contributed by atoms with E-state index in [1.807, 2.05) is 0 Å². The molecule has 0 unspecified atom stereocenters. The van der Waals surface area contributed by atoms with Crippen LogP contribution in [0.3, 0.4) is 0 Å². The maximum absolute atomic E-state index is 12.8. The van der Waals surface area contributed by atoms with Gasteiger partial charge in [0, 0.05) is 6.07 Å². The second-order valence-corrected chi connectivity index (χ2v) is 7.31. The molecule has 0 aromatic heterocycles. The molecule has 1 saturated heterocycles. The average molecular weight is 417 g/mol. The number of hydrogen-bond donors (Lipinski definition) is 2. The first-order valence-electron chi connectivity index (χ1n) is 7.98. The number of phenols is 1. The molecule has 0 bridgehead atoms. The van der Waals surface area contributed by atoms with Crippen LogP contribution < -0.4 is 14.4 Å². The van der Waals surface area contributed by atoms with Crippen LogP contribution in [0.2, 0.25) is 0 Å². The quantitative estimate of drug-likeness (QED) is 0.546. The van der Waals surface area contributed by atoms with Crippen molar-refractivity contribution in [1.29, 1.82) is 0 Å². The first-order valence-corrected chi connectivity index (χ1v) is 9.21. The summed E-state index contributed by atoms with van der Waals surface area (Å²) < 4.78 is 10.8. The van der Waals surface area contributed by atoms with Crippen LogP contribution in [0.1, 0.15) is 5.56 Å². The molecule has 28 heavy (non-hydrogen) atoms. The van der Waals surface area contributed by atoms with Crippen molar-refractivity contribution in [2.75, 3.05) is 18.6 Å². The summed E-state index contributed by atoms with van der Waals surface area (Å²) >= 11 is 6.46. The number of carbonyl (C=O) groups excluding carboxylic acids is 1. The Labute approximate surface area is 170 Å². The Morgan fingerprint density at radius 1 is 1.25 bits per heavy atom. The Kier molecular flexibility index (Phi) is 5.86. The van der Waals surface area contributed by atoms with E-state index in [9.17, 15) is 14.7 Å². The van der Waals surface area contributed by atoms with Gasteiger partial charge < -0.3 is 19.7 Å². The third-order valence-electron chi connectivity index (χ3n) is 3.72. The molecule has 7 nitrogen and oxygen atoms in total. The number of nitrogens with zero attached hydrogens (tertiary/aromatic N) is 1. The lowest BCUT2D eigenvalue weighted by atomic mass is 10.2. The highest BCUT2D eigenvalue weighted by Crippen LogP contribution is 2.37. The minimum absolute atomic E-state index is 0.0391. The lowest BCUT2D eigenvalue weighted by Gasteiger charge is -2.14. The van der Waals surface area contributed by atoms with Crippen LogP contribution in [-0.4, -0.2) is 40.1 Å². The van der Waals surface area contributed by atoms with Crippen LogP contribution in [-0.2, 0) is 9.59 Å². The number of carbonyl (C=O) groups is 2. The molecule has 144 valence electrons. The van der Waals surface area contributed by atoms with E-state index in [0.29, 0.717) is 26.2 Å². The monoisotopic (exact) mass is 417 g/mol. The molecule has 0 atom stereocenters. The van der Waals surface area contributed by atoms with E-state index in [0.717, 1.165) is 11.8 Å². The van der Waals surface area contributed by atoms with Crippen LogP contribution >= 0.6 is 24.0 Å². The molecule has 0 saturated carbocycles. The number of carboxylic acid groups (broad SMARTS) is 1. The number of benzene rings is 2. The van der Waals surface area contributed by atoms with Gasteiger partial charge in [0.05, 0.1) is 17.7 Å². The molecule has 2 aromatic rings. The molecule has 2 aromatic carbocycles. The van der Waals surface area contributed by atoms with E-state index in [1.165, 1.54) is 24.1 Å². The summed E-state index contributed by atoms with van der Waals surface area (Å²) in [5, 5.41) is 18.4. The van der Waals surface area contributed by atoms with Crippen LogP contribution in [0.25, 0.3) is 6.08 Å².